The molecule has 43 heavy (non-hydrogen) atoms. The van der Waals surface area contributed by atoms with E-state index in [1.54, 1.807) is 18.2 Å². The van der Waals surface area contributed by atoms with Crippen LogP contribution < -0.4 is 27.0 Å². The van der Waals surface area contributed by atoms with Crippen molar-refractivity contribution in [1.82, 2.24) is 21.3 Å². The van der Waals surface area contributed by atoms with Gasteiger partial charge in [0.25, 0.3) is 0 Å². The zero-order chi connectivity index (χ0) is 27.9. The molecule has 0 aliphatic carbocycles. The van der Waals surface area contributed by atoms with E-state index in [0.717, 1.165) is 29.5 Å². The fraction of sp³-hybridized carbons (Fsp3) is 0.333. The number of urea groups is 1. The molecule has 240 valence electrons. The zero-order valence-electron chi connectivity index (χ0n) is 23.6. The molecule has 3 aromatic carbocycles. The number of carbonyl (C=O) groups is 2. The predicted molar refractivity (Wildman–Crippen MR) is 188 cm³/mol. The fourth-order valence-corrected chi connectivity index (χ4v) is 4.66. The number of rotatable bonds is 15. The molecule has 13 heteroatoms. The van der Waals surface area contributed by atoms with Crippen molar-refractivity contribution in [2.45, 2.75) is 50.9 Å². The van der Waals surface area contributed by atoms with Crippen LogP contribution in [0.5, 0.6) is 0 Å². The number of halogens is 6. The Balaban J connectivity index is 0. The van der Waals surface area contributed by atoms with Gasteiger partial charge in [-0.25, -0.2) is 4.79 Å². The highest BCUT2D eigenvalue weighted by atomic mass is 35.5. The first-order valence-electron chi connectivity index (χ1n) is 13.2. The van der Waals surface area contributed by atoms with Gasteiger partial charge in [-0.05, 0) is 54.6 Å². The summed E-state index contributed by atoms with van der Waals surface area (Å²) < 4.78 is 0. The minimum absolute atomic E-state index is 0. The van der Waals surface area contributed by atoms with Gasteiger partial charge in [0.05, 0.1) is 6.04 Å². The molecule has 0 aliphatic rings. The minimum Gasteiger partial charge on any atom is -0.351 e. The number of hydrogen-bond acceptors (Lipinski definition) is 4. The molecule has 0 saturated heterocycles. The summed E-state index contributed by atoms with van der Waals surface area (Å²) in [4.78, 5) is 25.9. The molecule has 0 unspecified atom stereocenters. The van der Waals surface area contributed by atoms with E-state index in [2.05, 4.69) is 21.3 Å². The predicted octanol–water partition coefficient (Wildman–Crippen LogP) is 6.49. The van der Waals surface area contributed by atoms with Crippen molar-refractivity contribution >= 4 is 84.8 Å². The van der Waals surface area contributed by atoms with Crippen LogP contribution in [-0.4, -0.2) is 37.1 Å². The lowest BCUT2D eigenvalue weighted by Gasteiger charge is -2.26. The van der Waals surface area contributed by atoms with Crippen LogP contribution in [0.1, 0.15) is 36.0 Å². The maximum Gasteiger partial charge on any atom is 0.315 e. The molecule has 0 spiro atoms. The molecule has 0 saturated carbocycles. The molecule has 3 amide bonds. The molecule has 0 radical (unpaired) electrons. The number of benzene rings is 3. The molecule has 6 N–H and O–H groups in total. The molecular formula is C30H41Cl6N5O2. The number of amides is 3. The highest BCUT2D eigenvalue weighted by molar-refractivity contribution is 6.35. The Morgan fingerprint density at radius 3 is 1.98 bits per heavy atom. The van der Waals surface area contributed by atoms with Gasteiger partial charge in [0.15, 0.2) is 0 Å². The van der Waals surface area contributed by atoms with Crippen LogP contribution in [0.2, 0.25) is 10.0 Å². The largest absolute Gasteiger partial charge is 0.351 e. The van der Waals surface area contributed by atoms with Crippen LogP contribution in [0.15, 0.2) is 78.9 Å². The lowest BCUT2D eigenvalue weighted by atomic mass is 10.0. The van der Waals surface area contributed by atoms with Crippen LogP contribution in [0.4, 0.5) is 4.79 Å². The third kappa shape index (κ3) is 16.6. The molecular weight excluding hydrogens is 675 g/mol. The Bertz CT molecular complexity index is 1180. The summed E-state index contributed by atoms with van der Waals surface area (Å²) in [5.74, 6) is -0.0734. The van der Waals surface area contributed by atoms with E-state index in [9.17, 15) is 9.59 Å². The Kier molecular flexibility index (Phi) is 24.5. The van der Waals surface area contributed by atoms with Gasteiger partial charge in [-0.15, -0.1) is 49.6 Å². The summed E-state index contributed by atoms with van der Waals surface area (Å²) in [6.45, 7) is 1.62. The first kappa shape index (κ1) is 43.2. The third-order valence-corrected chi connectivity index (χ3v) is 6.89. The normalized spacial score (nSPS) is 11.2. The van der Waals surface area contributed by atoms with Crippen LogP contribution in [0.25, 0.3) is 0 Å². The molecule has 0 aliphatic heterocycles. The topological polar surface area (TPSA) is 108 Å². The van der Waals surface area contributed by atoms with Crippen molar-refractivity contribution < 1.29 is 9.59 Å². The molecule has 0 fully saturated rings. The smallest absolute Gasteiger partial charge is 0.315 e. The zero-order valence-corrected chi connectivity index (χ0v) is 28.4. The Morgan fingerprint density at radius 1 is 0.744 bits per heavy atom. The SMILES string of the molecule is Cl.Cl.Cl.Cl.NCCCC[C@H](N[C@H](CNC(=O)NCc1ccc(Cl)cc1Cl)Cc1ccccc1)C(=O)NCc1ccccc1. The van der Waals surface area contributed by atoms with E-state index < -0.39 is 6.04 Å². The van der Waals surface area contributed by atoms with Crippen molar-refractivity contribution in [1.29, 1.82) is 0 Å². The average Bonchev–Trinajstić information content (AvgIpc) is 2.94. The molecule has 2 atom stereocenters. The van der Waals surface area contributed by atoms with E-state index in [0.29, 0.717) is 42.5 Å². The lowest BCUT2D eigenvalue weighted by Crippen LogP contribution is -2.53. The molecule has 7 nitrogen and oxygen atoms in total. The summed E-state index contributed by atoms with van der Waals surface area (Å²) in [6, 6.07) is 24.0. The molecule has 0 aromatic heterocycles. The summed E-state index contributed by atoms with van der Waals surface area (Å²) in [5.41, 5.74) is 8.62. The molecule has 0 heterocycles. The van der Waals surface area contributed by atoms with Crippen LogP contribution in [-0.2, 0) is 24.3 Å². The summed E-state index contributed by atoms with van der Waals surface area (Å²) in [5, 5.41) is 13.4. The Labute approximate surface area is 289 Å². The number of nitrogens with one attached hydrogen (secondary N) is 4. The van der Waals surface area contributed by atoms with Gasteiger partial charge in [-0.2, -0.15) is 0 Å². The van der Waals surface area contributed by atoms with Crippen molar-refractivity contribution in [2.75, 3.05) is 13.1 Å². The fourth-order valence-electron chi connectivity index (χ4n) is 4.18. The van der Waals surface area contributed by atoms with Gasteiger partial charge in [-0.1, -0.05) is 96.4 Å². The highest BCUT2D eigenvalue weighted by Crippen LogP contribution is 2.20. The van der Waals surface area contributed by atoms with Gasteiger partial charge < -0.3 is 27.0 Å². The van der Waals surface area contributed by atoms with E-state index >= 15 is 0 Å². The van der Waals surface area contributed by atoms with Gasteiger partial charge in [0.1, 0.15) is 0 Å². The summed E-state index contributed by atoms with van der Waals surface area (Å²) >= 11 is 12.2. The second-order valence-corrected chi connectivity index (χ2v) is 10.2. The molecule has 0 bridgehead atoms. The Hall–Kier alpha value is -1.94. The van der Waals surface area contributed by atoms with E-state index in [-0.39, 0.29) is 74.2 Å². The van der Waals surface area contributed by atoms with E-state index in [1.807, 2.05) is 60.7 Å². The van der Waals surface area contributed by atoms with Gasteiger partial charge in [0.2, 0.25) is 5.91 Å². The maximum atomic E-state index is 13.2. The number of unbranched alkanes of at least 4 members (excludes halogenated alkanes) is 1. The second-order valence-electron chi connectivity index (χ2n) is 9.39. The van der Waals surface area contributed by atoms with Crippen molar-refractivity contribution in [3.63, 3.8) is 0 Å². The van der Waals surface area contributed by atoms with Gasteiger partial charge in [-0.3, -0.25) is 4.79 Å². The third-order valence-electron chi connectivity index (χ3n) is 6.30. The summed E-state index contributed by atoms with van der Waals surface area (Å²) in [6.07, 6.45) is 2.94. The van der Waals surface area contributed by atoms with Crippen LogP contribution in [0.3, 0.4) is 0 Å². The Morgan fingerprint density at radius 2 is 1.37 bits per heavy atom. The average molecular weight is 716 g/mol. The minimum atomic E-state index is -0.424. The standard InChI is InChI=1S/C30H37Cl2N5O2.4ClH/c31-25-15-14-24(27(32)18-25)20-35-30(39)36-21-26(17-22-9-3-1-4-10-22)37-28(13-7-8-16-33)29(38)34-19-23-11-5-2-6-12-23;;;;/h1-6,9-12,14-15,18,26,28,37H,7-8,13,16-17,19-21,33H2,(H,34,38)(H2,35,36,39);4*1H/t26-,28-;;;;/m0..../s1. The molecule has 3 aromatic rings. The number of carbonyl (C=O) groups excluding carboxylic acids is 2. The van der Waals surface area contributed by atoms with Crippen molar-refractivity contribution in [2.24, 2.45) is 5.73 Å². The lowest BCUT2D eigenvalue weighted by molar-refractivity contribution is -0.123. The van der Waals surface area contributed by atoms with Crippen molar-refractivity contribution in [3.8, 4) is 0 Å². The van der Waals surface area contributed by atoms with E-state index in [1.165, 1.54) is 0 Å². The van der Waals surface area contributed by atoms with E-state index in [4.69, 9.17) is 28.9 Å². The van der Waals surface area contributed by atoms with Gasteiger partial charge in [0, 0.05) is 35.7 Å². The van der Waals surface area contributed by atoms with Gasteiger partial charge >= 0.3 is 6.03 Å². The van der Waals surface area contributed by atoms with Crippen molar-refractivity contribution in [3.05, 3.63) is 106 Å². The number of hydrogen-bond donors (Lipinski definition) is 5. The molecule has 3 rings (SSSR count). The maximum absolute atomic E-state index is 13.2. The first-order valence-corrected chi connectivity index (χ1v) is 14.0. The highest BCUT2D eigenvalue weighted by Gasteiger charge is 2.22. The monoisotopic (exact) mass is 713 g/mol. The second kappa shape index (κ2) is 24.4. The van der Waals surface area contributed by atoms with Crippen LogP contribution >= 0.6 is 72.8 Å². The number of nitrogens with two attached hydrogens (primary N) is 1. The quantitative estimate of drug-likeness (QED) is 0.116. The summed E-state index contributed by atoms with van der Waals surface area (Å²) in [7, 11) is 0. The first-order chi connectivity index (χ1) is 18.9. The van der Waals surface area contributed by atoms with Crippen LogP contribution in [0, 0.1) is 0 Å².